The van der Waals surface area contributed by atoms with E-state index in [0.29, 0.717) is 25.4 Å². The lowest BCUT2D eigenvalue weighted by atomic mass is 9.88. The Hall–Kier alpha value is -1.61. The van der Waals surface area contributed by atoms with Crippen LogP contribution in [0.25, 0.3) is 0 Å². The van der Waals surface area contributed by atoms with Crippen molar-refractivity contribution in [1.29, 1.82) is 0 Å². The van der Waals surface area contributed by atoms with Crippen molar-refractivity contribution in [3.8, 4) is 11.5 Å². The molecule has 0 aliphatic heterocycles. The van der Waals surface area contributed by atoms with Gasteiger partial charge in [0.15, 0.2) is 18.2 Å². The zero-order valence-corrected chi connectivity index (χ0v) is 19.8. The SMILES string of the molecule is CCOC1CCC(COc2ccc(OC(F)(F)COC3CCC(C)CC3)c(F)c2C(F)F)CC1. The lowest BCUT2D eigenvalue weighted by Gasteiger charge is -2.29. The first-order valence-electron chi connectivity index (χ1n) is 12.2. The van der Waals surface area contributed by atoms with E-state index >= 15 is 0 Å². The molecule has 0 radical (unpaired) electrons. The molecule has 2 fully saturated rings. The van der Waals surface area contributed by atoms with Crippen LogP contribution in [-0.2, 0) is 9.47 Å². The smallest absolute Gasteiger partial charge is 0.422 e. The number of hydrogen-bond donors (Lipinski definition) is 0. The highest BCUT2D eigenvalue weighted by atomic mass is 19.3. The zero-order chi connectivity index (χ0) is 24.7. The molecule has 0 N–H and O–H groups in total. The standard InChI is InChI=1S/C25H35F5O4/c1-3-31-18-10-6-17(7-11-18)14-32-20-12-13-21(23(26)22(20)24(27)28)34-25(29,30)15-33-19-8-4-16(2)5-9-19/h12-13,16-19,24H,3-11,14-15H2,1-2H3. The highest BCUT2D eigenvalue weighted by Gasteiger charge is 2.36. The van der Waals surface area contributed by atoms with E-state index in [-0.39, 0.29) is 30.5 Å². The van der Waals surface area contributed by atoms with Crippen molar-refractivity contribution in [3.05, 3.63) is 23.5 Å². The number of alkyl halides is 4. The fourth-order valence-electron chi connectivity index (χ4n) is 4.67. The van der Waals surface area contributed by atoms with Gasteiger partial charge in [0, 0.05) is 6.61 Å². The van der Waals surface area contributed by atoms with Crippen molar-refractivity contribution in [2.24, 2.45) is 11.8 Å². The van der Waals surface area contributed by atoms with Crippen LogP contribution in [0.1, 0.15) is 77.2 Å². The first-order chi connectivity index (χ1) is 16.2. The summed E-state index contributed by atoms with van der Waals surface area (Å²) in [6.45, 7) is 3.74. The van der Waals surface area contributed by atoms with Gasteiger partial charge in [-0.25, -0.2) is 13.2 Å². The monoisotopic (exact) mass is 494 g/mol. The van der Waals surface area contributed by atoms with Crippen molar-refractivity contribution in [2.45, 2.75) is 90.0 Å². The van der Waals surface area contributed by atoms with Crippen LogP contribution < -0.4 is 9.47 Å². The molecular formula is C25H35F5O4. The van der Waals surface area contributed by atoms with Crippen molar-refractivity contribution in [2.75, 3.05) is 19.8 Å². The molecule has 0 unspecified atom stereocenters. The summed E-state index contributed by atoms with van der Waals surface area (Å²) < 4.78 is 91.4. The second kappa shape index (κ2) is 12.4. The van der Waals surface area contributed by atoms with E-state index in [0.717, 1.165) is 50.7 Å². The van der Waals surface area contributed by atoms with Gasteiger partial charge in [-0.1, -0.05) is 6.92 Å². The van der Waals surface area contributed by atoms with Crippen LogP contribution in [0.15, 0.2) is 12.1 Å². The lowest BCUT2D eigenvalue weighted by Crippen LogP contribution is -2.34. The largest absolute Gasteiger partial charge is 0.493 e. The van der Waals surface area contributed by atoms with Gasteiger partial charge in [-0.05, 0) is 82.3 Å². The van der Waals surface area contributed by atoms with Crippen molar-refractivity contribution in [1.82, 2.24) is 0 Å². The molecule has 0 saturated heterocycles. The summed E-state index contributed by atoms with van der Waals surface area (Å²) in [5.74, 6) is -2.19. The Morgan fingerprint density at radius 2 is 1.50 bits per heavy atom. The van der Waals surface area contributed by atoms with E-state index in [1.807, 2.05) is 6.92 Å². The molecule has 0 aromatic heterocycles. The number of halogens is 5. The summed E-state index contributed by atoms with van der Waals surface area (Å²) in [4.78, 5) is 0. The second-order valence-electron chi connectivity index (χ2n) is 9.43. The molecule has 0 amide bonds. The third kappa shape index (κ3) is 7.70. The molecule has 0 bridgehead atoms. The molecule has 34 heavy (non-hydrogen) atoms. The average Bonchev–Trinajstić information content (AvgIpc) is 2.80. The van der Waals surface area contributed by atoms with Gasteiger partial charge in [0.25, 0.3) is 6.43 Å². The van der Waals surface area contributed by atoms with Gasteiger partial charge in [-0.2, -0.15) is 8.78 Å². The first-order valence-corrected chi connectivity index (χ1v) is 12.2. The predicted molar refractivity (Wildman–Crippen MR) is 117 cm³/mol. The maximum atomic E-state index is 14.8. The Morgan fingerprint density at radius 3 is 2.12 bits per heavy atom. The molecule has 0 heterocycles. The Morgan fingerprint density at radius 1 is 0.912 bits per heavy atom. The quantitative estimate of drug-likeness (QED) is 0.303. The van der Waals surface area contributed by atoms with Gasteiger partial charge in [0.05, 0.1) is 24.4 Å². The molecule has 1 aromatic rings. The minimum absolute atomic E-state index is 0.130. The van der Waals surface area contributed by atoms with Gasteiger partial charge < -0.3 is 18.9 Å². The highest BCUT2D eigenvalue weighted by molar-refractivity contribution is 5.43. The minimum Gasteiger partial charge on any atom is -0.493 e. The van der Waals surface area contributed by atoms with Crippen molar-refractivity contribution < 1.29 is 40.9 Å². The number of hydrogen-bond acceptors (Lipinski definition) is 4. The number of benzene rings is 1. The summed E-state index contributed by atoms with van der Waals surface area (Å²) in [5.41, 5.74) is -1.07. The summed E-state index contributed by atoms with van der Waals surface area (Å²) in [5, 5.41) is 0. The van der Waals surface area contributed by atoms with E-state index in [1.54, 1.807) is 0 Å². The summed E-state index contributed by atoms with van der Waals surface area (Å²) in [6.07, 6.45) is -0.797. The molecule has 0 spiro atoms. The molecule has 0 atom stereocenters. The lowest BCUT2D eigenvalue weighted by molar-refractivity contribution is -0.223. The second-order valence-corrected chi connectivity index (χ2v) is 9.43. The molecule has 9 heteroatoms. The third-order valence-corrected chi connectivity index (χ3v) is 6.70. The maximum absolute atomic E-state index is 14.8. The van der Waals surface area contributed by atoms with E-state index in [9.17, 15) is 22.0 Å². The van der Waals surface area contributed by atoms with Crippen LogP contribution in [0.2, 0.25) is 0 Å². The zero-order valence-electron chi connectivity index (χ0n) is 19.8. The van der Waals surface area contributed by atoms with Crippen LogP contribution in [0.5, 0.6) is 11.5 Å². The molecule has 3 rings (SSSR count). The Kier molecular flexibility index (Phi) is 9.83. The van der Waals surface area contributed by atoms with Crippen LogP contribution in [0.3, 0.4) is 0 Å². The normalized spacial score (nSPS) is 26.0. The van der Waals surface area contributed by atoms with Crippen LogP contribution in [0, 0.1) is 17.7 Å². The van der Waals surface area contributed by atoms with Gasteiger partial charge in [-0.3, -0.25) is 0 Å². The van der Waals surface area contributed by atoms with Gasteiger partial charge in [0.2, 0.25) is 0 Å². The summed E-state index contributed by atoms with van der Waals surface area (Å²) in [6, 6.07) is 1.96. The molecule has 1 aromatic carbocycles. The molecule has 2 saturated carbocycles. The minimum atomic E-state index is -3.86. The summed E-state index contributed by atoms with van der Waals surface area (Å²) in [7, 11) is 0. The summed E-state index contributed by atoms with van der Waals surface area (Å²) >= 11 is 0. The Balaban J connectivity index is 1.58. The van der Waals surface area contributed by atoms with Crippen LogP contribution >= 0.6 is 0 Å². The molecular weight excluding hydrogens is 459 g/mol. The Bertz CT molecular complexity index is 760. The molecule has 2 aliphatic rings. The number of rotatable bonds is 11. The molecule has 194 valence electrons. The fourth-order valence-corrected chi connectivity index (χ4v) is 4.67. The van der Waals surface area contributed by atoms with Gasteiger partial charge >= 0.3 is 6.11 Å². The average molecular weight is 495 g/mol. The number of ether oxygens (including phenoxy) is 4. The Labute approximate surface area is 198 Å². The maximum Gasteiger partial charge on any atom is 0.422 e. The topological polar surface area (TPSA) is 36.9 Å². The highest BCUT2D eigenvalue weighted by Crippen LogP contribution is 2.39. The van der Waals surface area contributed by atoms with Gasteiger partial charge in [-0.15, -0.1) is 0 Å². The first kappa shape index (κ1) is 27.0. The van der Waals surface area contributed by atoms with E-state index < -0.39 is 36.3 Å². The fraction of sp³-hybridized carbons (Fsp3) is 0.760. The van der Waals surface area contributed by atoms with E-state index in [4.69, 9.17) is 14.2 Å². The predicted octanol–water partition coefficient (Wildman–Crippen LogP) is 7.30. The van der Waals surface area contributed by atoms with Crippen LogP contribution in [-0.4, -0.2) is 38.1 Å². The van der Waals surface area contributed by atoms with Crippen molar-refractivity contribution >= 4 is 0 Å². The third-order valence-electron chi connectivity index (χ3n) is 6.70. The van der Waals surface area contributed by atoms with E-state index in [1.165, 1.54) is 0 Å². The van der Waals surface area contributed by atoms with Gasteiger partial charge in [0.1, 0.15) is 5.75 Å². The molecule has 4 nitrogen and oxygen atoms in total. The van der Waals surface area contributed by atoms with Crippen molar-refractivity contribution in [3.63, 3.8) is 0 Å². The van der Waals surface area contributed by atoms with E-state index in [2.05, 4.69) is 11.7 Å². The van der Waals surface area contributed by atoms with Crippen LogP contribution in [0.4, 0.5) is 22.0 Å². The molecule has 2 aliphatic carbocycles.